The number of hydrogen-bond donors (Lipinski definition) is 3. The van der Waals surface area contributed by atoms with Crippen molar-refractivity contribution in [2.45, 2.75) is 43.7 Å². The molecule has 0 aromatic heterocycles. The summed E-state index contributed by atoms with van der Waals surface area (Å²) in [4.78, 5) is 19.4. The van der Waals surface area contributed by atoms with Crippen LogP contribution in [0.1, 0.15) is 47.6 Å². The molecule has 0 fully saturated rings. The number of rotatable bonds is 15. The van der Waals surface area contributed by atoms with E-state index in [-0.39, 0.29) is 12.5 Å². The molecule has 0 bridgehead atoms. The van der Waals surface area contributed by atoms with Gasteiger partial charge in [0.05, 0.1) is 6.61 Å². The first-order valence-electron chi connectivity index (χ1n) is 15.2. The highest BCUT2D eigenvalue weighted by molar-refractivity contribution is 9.10. The van der Waals surface area contributed by atoms with Crippen LogP contribution < -0.4 is 15.6 Å². The molecule has 0 unspecified atom stereocenters. The highest BCUT2D eigenvalue weighted by Crippen LogP contribution is 2.44. The van der Waals surface area contributed by atoms with Crippen LogP contribution in [0.15, 0.2) is 117 Å². The molecule has 1 heterocycles. The zero-order chi connectivity index (χ0) is 31.5. The first-order chi connectivity index (χ1) is 22.0. The second-order valence-electron chi connectivity index (χ2n) is 10.9. The molecule has 7 nitrogen and oxygen atoms in total. The van der Waals surface area contributed by atoms with Gasteiger partial charge in [-0.15, -0.1) is 0 Å². The summed E-state index contributed by atoms with van der Waals surface area (Å²) in [6.45, 7) is 1.12. The highest BCUT2D eigenvalue weighted by Gasteiger charge is 2.53. The predicted molar refractivity (Wildman–Crippen MR) is 184 cm³/mol. The number of hydrazine groups is 1. The zero-order valence-electron chi connectivity index (χ0n) is 24.9. The summed E-state index contributed by atoms with van der Waals surface area (Å²) in [6, 6.07) is 33.6. The van der Waals surface area contributed by atoms with Crippen LogP contribution in [0.25, 0.3) is 0 Å². The lowest BCUT2D eigenvalue weighted by Gasteiger charge is -2.31. The summed E-state index contributed by atoms with van der Waals surface area (Å²) in [5.74, 6) is 0.796. The second kappa shape index (κ2) is 16.2. The van der Waals surface area contributed by atoms with Crippen molar-refractivity contribution in [1.82, 2.24) is 10.9 Å². The number of aliphatic imine (C=N–C) groups is 1. The number of aliphatic hydroxyl groups excluding tert-OH is 1. The fourth-order valence-corrected chi connectivity index (χ4v) is 6.06. The highest BCUT2D eigenvalue weighted by atomic mass is 79.9. The smallest absolute Gasteiger partial charge is 0.266 e. The van der Waals surface area contributed by atoms with E-state index in [0.29, 0.717) is 37.6 Å². The van der Waals surface area contributed by atoms with Crippen LogP contribution in [-0.2, 0) is 22.4 Å². The number of hydrogen-bond acceptors (Lipinski definition) is 6. The maximum atomic E-state index is 14.3. The SMILES string of the molecule is O=C(NNCCCCc1ccccc1)[C@@]1(Cc2ccc(Br)cc2)N=C(c2ccc(OCCCO)cc2)O[C@H]1c1ccccc1Br. The molecule has 0 saturated heterocycles. The molecule has 1 amide bonds. The van der Waals surface area contributed by atoms with Crippen LogP contribution in [0.5, 0.6) is 5.75 Å². The third kappa shape index (κ3) is 8.61. The first kappa shape index (κ1) is 32.9. The van der Waals surface area contributed by atoms with Crippen molar-refractivity contribution >= 4 is 43.7 Å². The third-order valence-electron chi connectivity index (χ3n) is 7.67. The number of carbonyl (C=O) groups excluding carboxylic acids is 1. The number of amides is 1. The quantitative estimate of drug-likeness (QED) is 0.0895. The second-order valence-corrected chi connectivity index (χ2v) is 12.7. The van der Waals surface area contributed by atoms with Crippen LogP contribution >= 0.6 is 31.9 Å². The standard InChI is InChI=1S/C36H37Br2N3O4/c37-29-18-14-27(15-19-29)25-36(35(43)41-39-22-7-6-11-26-9-2-1-3-10-26)33(31-12-4-5-13-32(31)38)45-34(40-36)28-16-20-30(21-17-28)44-24-8-23-42/h1-5,9-10,12-21,33,39,42H,6-8,11,22-25H2,(H,41,43)/t33-,36-/m0/s1. The lowest BCUT2D eigenvalue weighted by molar-refractivity contribution is -0.130. The average molecular weight is 736 g/mol. The van der Waals surface area contributed by atoms with Gasteiger partial charge in [0.15, 0.2) is 11.6 Å². The summed E-state index contributed by atoms with van der Waals surface area (Å²) in [5.41, 5.74) is 8.67. The van der Waals surface area contributed by atoms with E-state index in [4.69, 9.17) is 19.6 Å². The van der Waals surface area contributed by atoms with E-state index in [1.165, 1.54) is 5.56 Å². The van der Waals surface area contributed by atoms with E-state index in [9.17, 15) is 4.79 Å². The lowest BCUT2D eigenvalue weighted by atomic mass is 9.82. The average Bonchev–Trinajstić information content (AvgIpc) is 3.45. The Morgan fingerprint density at radius 1 is 0.867 bits per heavy atom. The molecule has 0 saturated carbocycles. The molecule has 9 heteroatoms. The number of nitrogens with one attached hydrogen (secondary N) is 2. The summed E-state index contributed by atoms with van der Waals surface area (Å²) in [7, 11) is 0. The normalized spacial score (nSPS) is 17.4. The maximum absolute atomic E-state index is 14.3. The molecule has 0 aliphatic carbocycles. The molecule has 0 spiro atoms. The van der Waals surface area contributed by atoms with Crippen molar-refractivity contribution < 1.29 is 19.4 Å². The molecule has 5 rings (SSSR count). The van der Waals surface area contributed by atoms with Gasteiger partial charge < -0.3 is 14.6 Å². The molecular formula is C36H37Br2N3O4. The first-order valence-corrected chi connectivity index (χ1v) is 16.7. The van der Waals surface area contributed by atoms with E-state index >= 15 is 0 Å². The fourth-order valence-electron chi connectivity index (χ4n) is 5.30. The Morgan fingerprint density at radius 2 is 1.60 bits per heavy atom. The van der Waals surface area contributed by atoms with E-state index in [2.05, 4.69) is 67.0 Å². The number of unbranched alkanes of at least 4 members (excludes halogenated alkanes) is 1. The summed E-state index contributed by atoms with van der Waals surface area (Å²) >= 11 is 7.22. The van der Waals surface area contributed by atoms with Gasteiger partial charge in [0.2, 0.25) is 5.90 Å². The van der Waals surface area contributed by atoms with Gasteiger partial charge >= 0.3 is 0 Å². The van der Waals surface area contributed by atoms with Crippen molar-refractivity contribution in [1.29, 1.82) is 0 Å². The van der Waals surface area contributed by atoms with Crippen LogP contribution in [0.2, 0.25) is 0 Å². The van der Waals surface area contributed by atoms with Crippen molar-refractivity contribution in [2.75, 3.05) is 19.8 Å². The van der Waals surface area contributed by atoms with Gasteiger partial charge in [0.25, 0.3) is 5.91 Å². The molecule has 2 atom stereocenters. The third-order valence-corrected chi connectivity index (χ3v) is 8.92. The Labute approximate surface area is 281 Å². The van der Waals surface area contributed by atoms with Crippen molar-refractivity contribution in [2.24, 2.45) is 4.99 Å². The Bertz CT molecular complexity index is 1570. The largest absolute Gasteiger partial charge is 0.494 e. The van der Waals surface area contributed by atoms with Crippen LogP contribution in [0.3, 0.4) is 0 Å². The molecule has 3 N–H and O–H groups in total. The van der Waals surface area contributed by atoms with Crippen LogP contribution in [0, 0.1) is 0 Å². The summed E-state index contributed by atoms with van der Waals surface area (Å²) in [5, 5.41) is 9.06. The van der Waals surface area contributed by atoms with Gasteiger partial charge in [0.1, 0.15) is 5.75 Å². The van der Waals surface area contributed by atoms with E-state index in [0.717, 1.165) is 44.9 Å². The minimum Gasteiger partial charge on any atom is -0.494 e. The van der Waals surface area contributed by atoms with Gasteiger partial charge in [-0.25, -0.2) is 10.4 Å². The summed E-state index contributed by atoms with van der Waals surface area (Å²) < 4.78 is 14.1. The van der Waals surface area contributed by atoms with Crippen molar-refractivity contribution in [3.8, 4) is 5.75 Å². The van der Waals surface area contributed by atoms with Gasteiger partial charge in [0, 0.05) is 46.1 Å². The number of ether oxygens (including phenoxy) is 2. The lowest BCUT2D eigenvalue weighted by Crippen LogP contribution is -2.54. The number of halogens is 2. The van der Waals surface area contributed by atoms with Crippen molar-refractivity contribution in [3.05, 3.63) is 134 Å². The summed E-state index contributed by atoms with van der Waals surface area (Å²) in [6.07, 6.45) is 3.06. The van der Waals surface area contributed by atoms with Gasteiger partial charge in [-0.2, -0.15) is 0 Å². The molecule has 4 aromatic carbocycles. The minimum atomic E-state index is -1.31. The Morgan fingerprint density at radius 3 is 2.33 bits per heavy atom. The van der Waals surface area contributed by atoms with Gasteiger partial charge in [-0.1, -0.05) is 92.5 Å². The van der Waals surface area contributed by atoms with E-state index in [1.54, 1.807) is 0 Å². The minimum absolute atomic E-state index is 0.0736. The number of aliphatic hydroxyl groups is 1. The Kier molecular flexibility index (Phi) is 11.8. The number of nitrogens with zero attached hydrogens (tertiary/aromatic N) is 1. The fraction of sp³-hybridized carbons (Fsp3) is 0.278. The Hall–Kier alpha value is -3.50. The van der Waals surface area contributed by atoms with E-state index < -0.39 is 11.6 Å². The molecule has 4 aromatic rings. The molecule has 1 aliphatic heterocycles. The molecular weight excluding hydrogens is 698 g/mol. The number of carbonyl (C=O) groups is 1. The maximum Gasteiger partial charge on any atom is 0.266 e. The van der Waals surface area contributed by atoms with Gasteiger partial charge in [-0.05, 0) is 72.9 Å². The zero-order valence-corrected chi connectivity index (χ0v) is 28.1. The molecule has 1 aliphatic rings. The predicted octanol–water partition coefficient (Wildman–Crippen LogP) is 7.12. The van der Waals surface area contributed by atoms with Crippen LogP contribution in [-0.4, -0.2) is 42.2 Å². The Balaban J connectivity index is 1.41. The van der Waals surface area contributed by atoms with Crippen molar-refractivity contribution in [3.63, 3.8) is 0 Å². The number of aryl methyl sites for hydroxylation is 1. The molecule has 0 radical (unpaired) electrons. The van der Waals surface area contributed by atoms with Crippen LogP contribution in [0.4, 0.5) is 0 Å². The van der Waals surface area contributed by atoms with E-state index in [1.807, 2.05) is 78.9 Å². The topological polar surface area (TPSA) is 92.2 Å². The number of benzene rings is 4. The molecule has 45 heavy (non-hydrogen) atoms. The monoisotopic (exact) mass is 733 g/mol. The van der Waals surface area contributed by atoms with Gasteiger partial charge in [-0.3, -0.25) is 10.2 Å². The molecule has 234 valence electrons.